The number of hydrogen-bond donors (Lipinski definition) is 3. The number of hydrogen-bond acceptors (Lipinski definition) is 3. The molecule has 0 bridgehead atoms. The van der Waals surface area contributed by atoms with Crippen LogP contribution in [0.3, 0.4) is 0 Å². The number of carboxylic acids is 1. The summed E-state index contributed by atoms with van der Waals surface area (Å²) in [7, 11) is 0. The Morgan fingerprint density at radius 2 is 2.00 bits per heavy atom. The molecule has 0 aromatic rings. The first-order valence-corrected chi connectivity index (χ1v) is 6.71. The summed E-state index contributed by atoms with van der Waals surface area (Å²) in [6.07, 6.45) is 4.48. The fraction of sp³-hybridized carbons (Fsp3) is 0.846. The molecule has 1 heterocycles. The SMILES string of the molecule is CC1(C(=O)NC2(CC(=O)O)CCC2)CCCNC1. The zero-order chi connectivity index (χ0) is 13.2. The predicted molar refractivity (Wildman–Crippen MR) is 67.2 cm³/mol. The molecule has 1 atom stereocenters. The topological polar surface area (TPSA) is 78.4 Å². The molecule has 3 N–H and O–H groups in total. The Kier molecular flexibility index (Phi) is 3.61. The van der Waals surface area contributed by atoms with E-state index in [4.69, 9.17) is 5.11 Å². The molecule has 5 heteroatoms. The maximum Gasteiger partial charge on any atom is 0.305 e. The van der Waals surface area contributed by atoms with Crippen molar-refractivity contribution in [2.75, 3.05) is 13.1 Å². The van der Waals surface area contributed by atoms with Crippen molar-refractivity contribution in [3.63, 3.8) is 0 Å². The third-order valence-electron chi connectivity index (χ3n) is 4.32. The van der Waals surface area contributed by atoms with Crippen molar-refractivity contribution in [3.8, 4) is 0 Å². The van der Waals surface area contributed by atoms with Crippen molar-refractivity contribution in [2.24, 2.45) is 5.41 Å². The smallest absolute Gasteiger partial charge is 0.305 e. The molecule has 1 saturated heterocycles. The van der Waals surface area contributed by atoms with E-state index in [1.807, 2.05) is 6.92 Å². The Labute approximate surface area is 107 Å². The lowest BCUT2D eigenvalue weighted by molar-refractivity contribution is -0.142. The van der Waals surface area contributed by atoms with Gasteiger partial charge in [-0.05, 0) is 45.6 Å². The van der Waals surface area contributed by atoms with Gasteiger partial charge in [0.25, 0.3) is 0 Å². The minimum Gasteiger partial charge on any atom is -0.481 e. The van der Waals surface area contributed by atoms with Gasteiger partial charge in [-0.15, -0.1) is 0 Å². The van der Waals surface area contributed by atoms with E-state index in [1.54, 1.807) is 0 Å². The molecule has 2 fully saturated rings. The average Bonchev–Trinajstić information content (AvgIpc) is 2.26. The highest BCUT2D eigenvalue weighted by molar-refractivity contribution is 5.84. The average molecular weight is 254 g/mol. The third kappa shape index (κ3) is 2.66. The summed E-state index contributed by atoms with van der Waals surface area (Å²) in [5.74, 6) is -0.822. The number of carbonyl (C=O) groups is 2. The summed E-state index contributed by atoms with van der Waals surface area (Å²) in [5.41, 5.74) is -0.872. The van der Waals surface area contributed by atoms with Crippen molar-refractivity contribution in [2.45, 2.75) is 51.0 Å². The molecule has 18 heavy (non-hydrogen) atoms. The molecule has 5 nitrogen and oxygen atoms in total. The normalized spacial score (nSPS) is 30.3. The van der Waals surface area contributed by atoms with Crippen LogP contribution in [0, 0.1) is 5.41 Å². The monoisotopic (exact) mass is 254 g/mol. The van der Waals surface area contributed by atoms with E-state index in [1.165, 1.54) is 0 Å². The van der Waals surface area contributed by atoms with Gasteiger partial charge in [-0.1, -0.05) is 0 Å². The molecule has 1 aliphatic carbocycles. The van der Waals surface area contributed by atoms with Gasteiger partial charge in [-0.2, -0.15) is 0 Å². The summed E-state index contributed by atoms with van der Waals surface area (Å²) in [5, 5.41) is 15.2. The van der Waals surface area contributed by atoms with Crippen LogP contribution in [-0.4, -0.2) is 35.6 Å². The maximum absolute atomic E-state index is 12.4. The van der Waals surface area contributed by atoms with E-state index in [2.05, 4.69) is 10.6 Å². The summed E-state index contributed by atoms with van der Waals surface area (Å²) in [4.78, 5) is 23.2. The van der Waals surface area contributed by atoms with Crippen molar-refractivity contribution >= 4 is 11.9 Å². The number of amides is 1. The Bertz CT molecular complexity index is 344. The quantitative estimate of drug-likeness (QED) is 0.696. The summed E-state index contributed by atoms with van der Waals surface area (Å²) in [6, 6.07) is 0. The van der Waals surface area contributed by atoms with E-state index < -0.39 is 11.5 Å². The van der Waals surface area contributed by atoms with E-state index in [0.29, 0.717) is 6.54 Å². The minimum atomic E-state index is -0.832. The number of piperidine rings is 1. The van der Waals surface area contributed by atoms with Gasteiger partial charge in [-0.25, -0.2) is 0 Å². The van der Waals surface area contributed by atoms with E-state index in [9.17, 15) is 9.59 Å². The molecule has 102 valence electrons. The number of nitrogens with one attached hydrogen (secondary N) is 2. The molecule has 2 aliphatic rings. The van der Waals surface area contributed by atoms with Gasteiger partial charge < -0.3 is 15.7 Å². The molecule has 2 rings (SSSR count). The van der Waals surface area contributed by atoms with E-state index in [0.717, 1.165) is 38.6 Å². The molecule has 0 spiro atoms. The van der Waals surface area contributed by atoms with Gasteiger partial charge in [0.05, 0.1) is 17.4 Å². The van der Waals surface area contributed by atoms with Gasteiger partial charge in [0.15, 0.2) is 0 Å². The number of rotatable bonds is 4. The lowest BCUT2D eigenvalue weighted by Crippen LogP contribution is -2.60. The van der Waals surface area contributed by atoms with Gasteiger partial charge in [-0.3, -0.25) is 9.59 Å². The number of aliphatic carboxylic acids is 1. The molecule has 1 aliphatic heterocycles. The molecule has 0 radical (unpaired) electrons. The summed E-state index contributed by atoms with van der Waals surface area (Å²) in [6.45, 7) is 3.60. The van der Waals surface area contributed by atoms with Crippen molar-refractivity contribution < 1.29 is 14.7 Å². The number of carboxylic acid groups (broad SMARTS) is 1. The van der Waals surface area contributed by atoms with Crippen LogP contribution in [0.25, 0.3) is 0 Å². The maximum atomic E-state index is 12.4. The fourth-order valence-electron chi connectivity index (χ4n) is 2.88. The molecular weight excluding hydrogens is 232 g/mol. The van der Waals surface area contributed by atoms with Gasteiger partial charge >= 0.3 is 5.97 Å². The molecule has 1 amide bonds. The second kappa shape index (κ2) is 4.88. The minimum absolute atomic E-state index is 0.00986. The molecule has 0 aromatic heterocycles. The van der Waals surface area contributed by atoms with Crippen molar-refractivity contribution in [3.05, 3.63) is 0 Å². The van der Waals surface area contributed by atoms with E-state index in [-0.39, 0.29) is 17.7 Å². The van der Waals surface area contributed by atoms with Crippen LogP contribution in [0.4, 0.5) is 0 Å². The summed E-state index contributed by atoms with van der Waals surface area (Å²) >= 11 is 0. The van der Waals surface area contributed by atoms with Crippen molar-refractivity contribution in [1.29, 1.82) is 0 Å². The lowest BCUT2D eigenvalue weighted by atomic mass is 9.72. The van der Waals surface area contributed by atoms with Crippen molar-refractivity contribution in [1.82, 2.24) is 10.6 Å². The summed E-state index contributed by atoms with van der Waals surface area (Å²) < 4.78 is 0. The first-order chi connectivity index (χ1) is 8.46. The zero-order valence-corrected chi connectivity index (χ0v) is 10.9. The van der Waals surface area contributed by atoms with Crippen LogP contribution in [0.2, 0.25) is 0 Å². The van der Waals surface area contributed by atoms with Gasteiger partial charge in [0, 0.05) is 6.54 Å². The highest BCUT2D eigenvalue weighted by Crippen LogP contribution is 2.37. The first kappa shape index (κ1) is 13.3. The standard InChI is InChI=1S/C13H22N2O3/c1-12(4-3-7-14-9-12)11(18)15-13(5-2-6-13)8-10(16)17/h14H,2-9H2,1H3,(H,15,18)(H,16,17). The third-order valence-corrected chi connectivity index (χ3v) is 4.32. The van der Waals surface area contributed by atoms with Crippen LogP contribution >= 0.6 is 0 Å². The van der Waals surface area contributed by atoms with Gasteiger partial charge in [0.2, 0.25) is 5.91 Å². The molecular formula is C13H22N2O3. The second-order valence-electron chi connectivity index (χ2n) is 6.00. The fourth-order valence-corrected chi connectivity index (χ4v) is 2.88. The van der Waals surface area contributed by atoms with Crippen LogP contribution in [0.1, 0.15) is 45.4 Å². The predicted octanol–water partition coefficient (Wildman–Crippen LogP) is 0.890. The van der Waals surface area contributed by atoms with Crippen LogP contribution < -0.4 is 10.6 Å². The Hall–Kier alpha value is -1.10. The second-order valence-corrected chi connectivity index (χ2v) is 6.00. The zero-order valence-electron chi connectivity index (χ0n) is 10.9. The molecule has 0 aromatic carbocycles. The lowest BCUT2D eigenvalue weighted by Gasteiger charge is -2.44. The largest absolute Gasteiger partial charge is 0.481 e. The van der Waals surface area contributed by atoms with Crippen LogP contribution in [-0.2, 0) is 9.59 Å². The van der Waals surface area contributed by atoms with Crippen LogP contribution in [0.5, 0.6) is 0 Å². The number of carbonyl (C=O) groups excluding carboxylic acids is 1. The van der Waals surface area contributed by atoms with Gasteiger partial charge in [0.1, 0.15) is 0 Å². The highest BCUT2D eigenvalue weighted by atomic mass is 16.4. The van der Waals surface area contributed by atoms with E-state index >= 15 is 0 Å². The molecule has 1 unspecified atom stereocenters. The Balaban J connectivity index is 1.98. The molecule has 1 saturated carbocycles. The van der Waals surface area contributed by atoms with Crippen LogP contribution in [0.15, 0.2) is 0 Å². The Morgan fingerprint density at radius 1 is 1.28 bits per heavy atom. The highest BCUT2D eigenvalue weighted by Gasteiger charge is 2.44. The Morgan fingerprint density at radius 3 is 2.44 bits per heavy atom. The first-order valence-electron chi connectivity index (χ1n) is 6.71.